The van der Waals surface area contributed by atoms with Gasteiger partial charge in [0.1, 0.15) is 0 Å². The minimum Gasteiger partial charge on any atom is -0.333 e. The lowest BCUT2D eigenvalue weighted by Crippen LogP contribution is -2.39. The summed E-state index contributed by atoms with van der Waals surface area (Å²) in [5.74, 6) is 0. The van der Waals surface area contributed by atoms with E-state index in [1.165, 1.54) is 71.8 Å². The average molecular weight is 227 g/mol. The van der Waals surface area contributed by atoms with E-state index in [2.05, 4.69) is 22.6 Å². The zero-order valence-electron chi connectivity index (χ0n) is 11.1. The monoisotopic (exact) mass is 227 g/mol. The van der Waals surface area contributed by atoms with Gasteiger partial charge in [-0.15, -0.1) is 0 Å². The summed E-state index contributed by atoms with van der Waals surface area (Å²) >= 11 is 0. The minimum atomic E-state index is 0.926. The summed E-state index contributed by atoms with van der Waals surface area (Å²) < 4.78 is 0. The van der Waals surface area contributed by atoms with E-state index < -0.39 is 0 Å². The van der Waals surface area contributed by atoms with Crippen LogP contribution >= 0.6 is 0 Å². The smallest absolute Gasteiger partial charge is 0.0112 e. The van der Waals surface area contributed by atoms with Crippen LogP contribution in [0.15, 0.2) is 0 Å². The van der Waals surface area contributed by atoms with Crippen molar-refractivity contribution in [2.24, 2.45) is 5.73 Å². The van der Waals surface area contributed by atoms with Crippen LogP contribution in [0.25, 0.3) is 0 Å². The Morgan fingerprint density at radius 3 is 2.19 bits per heavy atom. The standard InChI is InChI=1S/C12H24N2.CH5N/c1-13-8-5-9-14(11-10-13)12-6-3-2-4-7-12;1-2/h12H,2-11H2,1H3;2H2,1H3. The van der Waals surface area contributed by atoms with Crippen LogP contribution in [0.2, 0.25) is 0 Å². The second-order valence-corrected chi connectivity index (χ2v) is 4.98. The molecule has 96 valence electrons. The Hall–Kier alpha value is -0.120. The van der Waals surface area contributed by atoms with Crippen LogP contribution in [0.3, 0.4) is 0 Å². The first-order chi connectivity index (χ1) is 7.86. The fourth-order valence-corrected chi connectivity index (χ4v) is 2.88. The van der Waals surface area contributed by atoms with Crippen LogP contribution < -0.4 is 5.73 Å². The number of nitrogens with two attached hydrogens (primary N) is 1. The van der Waals surface area contributed by atoms with Crippen molar-refractivity contribution in [2.75, 3.05) is 40.3 Å². The SMILES string of the molecule is CN.CN1CCCN(C2CCCCC2)CC1. The first-order valence-corrected chi connectivity index (χ1v) is 6.86. The lowest BCUT2D eigenvalue weighted by molar-refractivity contribution is 0.161. The van der Waals surface area contributed by atoms with Gasteiger partial charge in [0, 0.05) is 19.1 Å². The highest BCUT2D eigenvalue weighted by Gasteiger charge is 2.22. The van der Waals surface area contributed by atoms with Crippen molar-refractivity contribution in [1.29, 1.82) is 0 Å². The molecule has 1 aliphatic heterocycles. The van der Waals surface area contributed by atoms with E-state index in [1.807, 2.05) is 0 Å². The average Bonchev–Trinajstić information content (AvgIpc) is 2.58. The van der Waals surface area contributed by atoms with Gasteiger partial charge >= 0.3 is 0 Å². The molecule has 0 bridgehead atoms. The van der Waals surface area contributed by atoms with Gasteiger partial charge in [-0.25, -0.2) is 0 Å². The van der Waals surface area contributed by atoms with Gasteiger partial charge in [-0.1, -0.05) is 19.3 Å². The van der Waals surface area contributed by atoms with Gasteiger partial charge in [0.05, 0.1) is 0 Å². The van der Waals surface area contributed by atoms with Gasteiger partial charge in [-0.05, 0) is 46.4 Å². The lowest BCUT2D eigenvalue weighted by atomic mass is 9.94. The summed E-state index contributed by atoms with van der Waals surface area (Å²) in [4.78, 5) is 5.23. The Bertz CT molecular complexity index is 167. The number of nitrogens with zero attached hydrogens (tertiary/aromatic N) is 2. The Labute approximate surface area is 101 Å². The van der Waals surface area contributed by atoms with Crippen LogP contribution in [0, 0.1) is 0 Å². The maximum atomic E-state index is 4.50. The van der Waals surface area contributed by atoms with E-state index in [-0.39, 0.29) is 0 Å². The van der Waals surface area contributed by atoms with E-state index in [1.54, 1.807) is 0 Å². The summed E-state index contributed by atoms with van der Waals surface area (Å²) in [5, 5.41) is 0. The highest BCUT2D eigenvalue weighted by Crippen LogP contribution is 2.23. The third kappa shape index (κ3) is 4.40. The molecule has 0 aromatic heterocycles. The highest BCUT2D eigenvalue weighted by atomic mass is 15.2. The van der Waals surface area contributed by atoms with Crippen molar-refractivity contribution in [3.8, 4) is 0 Å². The summed E-state index contributed by atoms with van der Waals surface area (Å²) in [7, 11) is 3.75. The van der Waals surface area contributed by atoms with Gasteiger partial charge < -0.3 is 10.6 Å². The minimum absolute atomic E-state index is 0.926. The molecule has 3 heteroatoms. The predicted molar refractivity (Wildman–Crippen MR) is 70.7 cm³/mol. The van der Waals surface area contributed by atoms with Crippen LogP contribution in [-0.2, 0) is 0 Å². The molecular weight excluding hydrogens is 198 g/mol. The second kappa shape index (κ2) is 8.04. The van der Waals surface area contributed by atoms with Crippen molar-refractivity contribution in [3.05, 3.63) is 0 Å². The van der Waals surface area contributed by atoms with Crippen LogP contribution in [0.5, 0.6) is 0 Å². The molecule has 2 N–H and O–H groups in total. The summed E-state index contributed by atoms with van der Waals surface area (Å²) in [6.07, 6.45) is 8.71. The Kier molecular flexibility index (Phi) is 7.01. The molecule has 1 heterocycles. The normalized spacial score (nSPS) is 25.7. The molecule has 1 saturated heterocycles. The lowest BCUT2D eigenvalue weighted by Gasteiger charge is -2.33. The fraction of sp³-hybridized carbons (Fsp3) is 1.00. The topological polar surface area (TPSA) is 32.5 Å². The molecule has 3 nitrogen and oxygen atoms in total. The Morgan fingerprint density at radius 2 is 1.50 bits per heavy atom. The zero-order valence-corrected chi connectivity index (χ0v) is 11.1. The van der Waals surface area contributed by atoms with Gasteiger partial charge in [-0.3, -0.25) is 4.90 Å². The van der Waals surface area contributed by atoms with Gasteiger partial charge in [0.25, 0.3) is 0 Å². The number of hydrogen-bond donors (Lipinski definition) is 1. The molecule has 0 radical (unpaired) electrons. The van der Waals surface area contributed by atoms with Gasteiger partial charge in [0.15, 0.2) is 0 Å². The molecule has 1 saturated carbocycles. The van der Waals surface area contributed by atoms with Crippen molar-refractivity contribution in [2.45, 2.75) is 44.6 Å². The van der Waals surface area contributed by atoms with Crippen molar-refractivity contribution < 1.29 is 0 Å². The van der Waals surface area contributed by atoms with Crippen LogP contribution in [0.4, 0.5) is 0 Å². The molecule has 0 unspecified atom stereocenters. The molecule has 0 aromatic carbocycles. The van der Waals surface area contributed by atoms with Crippen molar-refractivity contribution in [3.63, 3.8) is 0 Å². The third-order valence-corrected chi connectivity index (χ3v) is 3.85. The van der Waals surface area contributed by atoms with Crippen LogP contribution in [0.1, 0.15) is 38.5 Å². The molecule has 1 aliphatic carbocycles. The van der Waals surface area contributed by atoms with E-state index in [0.29, 0.717) is 0 Å². The largest absolute Gasteiger partial charge is 0.333 e. The van der Waals surface area contributed by atoms with Crippen molar-refractivity contribution in [1.82, 2.24) is 9.80 Å². The molecule has 16 heavy (non-hydrogen) atoms. The molecule has 2 fully saturated rings. The molecule has 0 aromatic rings. The molecule has 2 aliphatic rings. The van der Waals surface area contributed by atoms with E-state index in [0.717, 1.165) is 6.04 Å². The Balaban J connectivity index is 0.000000606. The summed E-state index contributed by atoms with van der Waals surface area (Å²) in [6.45, 7) is 5.22. The van der Waals surface area contributed by atoms with E-state index in [9.17, 15) is 0 Å². The number of likely N-dealkylation sites (N-methyl/N-ethyl adjacent to an activating group) is 1. The van der Waals surface area contributed by atoms with E-state index >= 15 is 0 Å². The number of hydrogen-bond acceptors (Lipinski definition) is 3. The fourth-order valence-electron chi connectivity index (χ4n) is 2.88. The Morgan fingerprint density at radius 1 is 0.812 bits per heavy atom. The van der Waals surface area contributed by atoms with Crippen LogP contribution in [-0.4, -0.2) is 56.1 Å². The predicted octanol–water partition coefficient (Wildman–Crippen LogP) is 1.53. The molecule has 0 spiro atoms. The molecule has 0 atom stereocenters. The molecule has 0 amide bonds. The molecule has 2 rings (SSSR count). The maximum absolute atomic E-state index is 4.50. The van der Waals surface area contributed by atoms with Gasteiger partial charge in [0.2, 0.25) is 0 Å². The quantitative estimate of drug-likeness (QED) is 0.737. The van der Waals surface area contributed by atoms with Gasteiger partial charge in [-0.2, -0.15) is 0 Å². The van der Waals surface area contributed by atoms with Crippen molar-refractivity contribution >= 4 is 0 Å². The summed E-state index contributed by atoms with van der Waals surface area (Å²) in [6, 6.07) is 0.926. The van der Waals surface area contributed by atoms with E-state index in [4.69, 9.17) is 0 Å². The maximum Gasteiger partial charge on any atom is 0.0112 e. The first kappa shape index (κ1) is 13.9. The summed E-state index contributed by atoms with van der Waals surface area (Å²) in [5.41, 5.74) is 4.50. The number of rotatable bonds is 1. The second-order valence-electron chi connectivity index (χ2n) is 4.98. The first-order valence-electron chi connectivity index (χ1n) is 6.86. The molecular formula is C13H29N3. The highest BCUT2D eigenvalue weighted by molar-refractivity contribution is 4.78. The third-order valence-electron chi connectivity index (χ3n) is 3.85. The zero-order chi connectivity index (χ0) is 11.8.